The van der Waals surface area contributed by atoms with Crippen molar-refractivity contribution >= 4 is 23.9 Å². The molecular formula is C18H27N3O5. The molecule has 1 aromatic heterocycles. The van der Waals surface area contributed by atoms with Gasteiger partial charge in [-0.2, -0.15) is 0 Å². The van der Waals surface area contributed by atoms with Gasteiger partial charge in [-0.15, -0.1) is 4.90 Å². The first-order valence-electron chi connectivity index (χ1n) is 8.24. The molecule has 0 radical (unpaired) electrons. The zero-order chi connectivity index (χ0) is 20.1. The highest BCUT2D eigenvalue weighted by Crippen LogP contribution is 2.20. The number of hydrogen-bond donors (Lipinski definition) is 0. The highest BCUT2D eigenvalue weighted by molar-refractivity contribution is 6.08. The van der Waals surface area contributed by atoms with Crippen molar-refractivity contribution in [3.63, 3.8) is 0 Å². The Morgan fingerprint density at radius 3 is 1.77 bits per heavy atom. The number of nitrogens with zero attached hydrogens (tertiary/aromatic N) is 3. The molecule has 0 atom stereocenters. The van der Waals surface area contributed by atoms with Crippen LogP contribution in [0.25, 0.3) is 5.76 Å². The number of imide groups is 1. The summed E-state index contributed by atoms with van der Waals surface area (Å²) in [5.74, 6) is 0.224. The van der Waals surface area contributed by atoms with Gasteiger partial charge in [0.25, 0.3) is 0 Å². The van der Waals surface area contributed by atoms with Crippen LogP contribution in [0.2, 0.25) is 0 Å². The summed E-state index contributed by atoms with van der Waals surface area (Å²) in [4.78, 5) is 33.7. The minimum atomic E-state index is -0.928. The lowest BCUT2D eigenvalue weighted by molar-refractivity contribution is 0.0427. The van der Waals surface area contributed by atoms with E-state index in [9.17, 15) is 9.59 Å². The van der Waals surface area contributed by atoms with Gasteiger partial charge in [-0.25, -0.2) is 19.6 Å². The van der Waals surface area contributed by atoms with E-state index >= 15 is 0 Å². The van der Waals surface area contributed by atoms with E-state index in [4.69, 9.17) is 14.2 Å². The van der Waals surface area contributed by atoms with Gasteiger partial charge < -0.3 is 14.2 Å². The Morgan fingerprint density at radius 2 is 1.42 bits per heavy atom. The van der Waals surface area contributed by atoms with E-state index in [-0.39, 0.29) is 5.95 Å². The van der Waals surface area contributed by atoms with Crippen LogP contribution >= 0.6 is 0 Å². The third kappa shape index (κ3) is 6.70. The average molecular weight is 365 g/mol. The van der Waals surface area contributed by atoms with Gasteiger partial charge >= 0.3 is 12.2 Å². The van der Waals surface area contributed by atoms with E-state index in [1.165, 1.54) is 12.4 Å². The van der Waals surface area contributed by atoms with Crippen molar-refractivity contribution in [1.29, 1.82) is 0 Å². The molecule has 0 aliphatic rings. The van der Waals surface area contributed by atoms with Crippen molar-refractivity contribution in [2.75, 3.05) is 11.5 Å². The van der Waals surface area contributed by atoms with Crippen LogP contribution in [0.3, 0.4) is 0 Å². The van der Waals surface area contributed by atoms with Gasteiger partial charge in [-0.1, -0.05) is 6.58 Å². The van der Waals surface area contributed by atoms with Crippen LogP contribution in [0.5, 0.6) is 0 Å². The van der Waals surface area contributed by atoms with Crippen molar-refractivity contribution in [2.24, 2.45) is 0 Å². The van der Waals surface area contributed by atoms with E-state index in [1.807, 2.05) is 6.92 Å². The molecule has 0 aromatic carbocycles. The van der Waals surface area contributed by atoms with Gasteiger partial charge in [0.05, 0.1) is 12.2 Å². The Hall–Kier alpha value is -2.64. The highest BCUT2D eigenvalue weighted by atomic mass is 16.6. The standard InChI is InChI=1S/C18H27N3O5/c1-9-24-12(2)13-10-19-14(20-11-13)21(15(22)25-17(3,4)5)16(23)26-18(6,7)8/h10-11H,2,9H2,1,3-8H3. The first-order valence-corrected chi connectivity index (χ1v) is 8.24. The molecule has 0 saturated carbocycles. The molecule has 0 N–H and O–H groups in total. The SMILES string of the molecule is C=C(OCC)c1cnc(N(C(=O)OC(C)(C)C)C(=O)OC(C)(C)C)nc1. The summed E-state index contributed by atoms with van der Waals surface area (Å²) in [5, 5.41) is 0. The van der Waals surface area contributed by atoms with Crippen LogP contribution in [0.1, 0.15) is 54.0 Å². The molecule has 1 aromatic rings. The fourth-order valence-corrected chi connectivity index (χ4v) is 1.69. The second-order valence-corrected chi connectivity index (χ2v) is 7.42. The predicted molar refractivity (Wildman–Crippen MR) is 97.6 cm³/mol. The molecular weight excluding hydrogens is 338 g/mol. The molecule has 1 heterocycles. The van der Waals surface area contributed by atoms with Crippen LogP contribution in [-0.4, -0.2) is 40.0 Å². The van der Waals surface area contributed by atoms with Crippen molar-refractivity contribution in [3.8, 4) is 0 Å². The summed E-state index contributed by atoms with van der Waals surface area (Å²) in [5.41, 5.74) is -1.08. The van der Waals surface area contributed by atoms with Gasteiger partial charge in [0.15, 0.2) is 0 Å². The smallest absolute Gasteiger partial charge is 0.427 e. The largest absolute Gasteiger partial charge is 0.494 e. The molecule has 26 heavy (non-hydrogen) atoms. The fraction of sp³-hybridized carbons (Fsp3) is 0.556. The molecule has 0 saturated heterocycles. The maximum atomic E-state index is 12.5. The van der Waals surface area contributed by atoms with E-state index in [0.29, 0.717) is 22.8 Å². The summed E-state index contributed by atoms with van der Waals surface area (Å²) in [6, 6.07) is 0. The van der Waals surface area contributed by atoms with Crippen molar-refractivity contribution in [1.82, 2.24) is 9.97 Å². The second-order valence-electron chi connectivity index (χ2n) is 7.42. The quantitative estimate of drug-likeness (QED) is 0.740. The minimum Gasteiger partial charge on any atom is -0.494 e. The summed E-state index contributed by atoms with van der Waals surface area (Å²) in [6.07, 6.45) is 0.954. The van der Waals surface area contributed by atoms with Crippen LogP contribution < -0.4 is 4.90 Å². The molecule has 0 unspecified atom stereocenters. The third-order valence-corrected chi connectivity index (χ3v) is 2.63. The predicted octanol–water partition coefficient (Wildman–Crippen LogP) is 4.16. The van der Waals surface area contributed by atoms with Crippen LogP contribution in [0, 0.1) is 0 Å². The van der Waals surface area contributed by atoms with Crippen molar-refractivity contribution in [3.05, 3.63) is 24.5 Å². The average Bonchev–Trinajstić information content (AvgIpc) is 2.44. The highest BCUT2D eigenvalue weighted by Gasteiger charge is 2.34. The maximum Gasteiger partial charge on any atom is 0.427 e. The van der Waals surface area contributed by atoms with E-state index in [2.05, 4.69) is 16.5 Å². The maximum absolute atomic E-state index is 12.5. The van der Waals surface area contributed by atoms with Crippen LogP contribution in [-0.2, 0) is 14.2 Å². The lowest BCUT2D eigenvalue weighted by Crippen LogP contribution is -2.44. The van der Waals surface area contributed by atoms with Gasteiger partial charge in [-0.3, -0.25) is 0 Å². The van der Waals surface area contributed by atoms with E-state index < -0.39 is 23.4 Å². The molecule has 0 fully saturated rings. The number of carbonyl (C=O) groups is 2. The molecule has 0 aliphatic carbocycles. The molecule has 144 valence electrons. The zero-order valence-corrected chi connectivity index (χ0v) is 16.5. The zero-order valence-electron chi connectivity index (χ0n) is 16.5. The van der Waals surface area contributed by atoms with E-state index in [0.717, 1.165) is 0 Å². The number of amides is 2. The minimum absolute atomic E-state index is 0.165. The van der Waals surface area contributed by atoms with Gasteiger partial charge in [-0.05, 0) is 48.5 Å². The van der Waals surface area contributed by atoms with Gasteiger partial charge in [0, 0.05) is 12.4 Å². The number of ether oxygens (including phenoxy) is 3. The number of hydrogen-bond acceptors (Lipinski definition) is 7. The molecule has 0 spiro atoms. The Bertz CT molecular complexity index is 629. The van der Waals surface area contributed by atoms with Crippen molar-refractivity contribution in [2.45, 2.75) is 59.7 Å². The first-order chi connectivity index (χ1) is 11.8. The monoisotopic (exact) mass is 365 g/mol. The Morgan fingerprint density at radius 1 is 1.00 bits per heavy atom. The van der Waals surface area contributed by atoms with Gasteiger partial charge in [0.1, 0.15) is 17.0 Å². The molecule has 0 aliphatic heterocycles. The molecule has 8 nitrogen and oxygen atoms in total. The summed E-state index contributed by atoms with van der Waals surface area (Å²) >= 11 is 0. The molecule has 8 heteroatoms. The van der Waals surface area contributed by atoms with E-state index in [1.54, 1.807) is 41.5 Å². The van der Waals surface area contributed by atoms with Gasteiger partial charge in [0.2, 0.25) is 5.95 Å². The Balaban J connectivity index is 3.17. The summed E-state index contributed by atoms with van der Waals surface area (Å²) in [6.45, 7) is 16.2. The summed E-state index contributed by atoms with van der Waals surface area (Å²) in [7, 11) is 0. The summed E-state index contributed by atoms with van der Waals surface area (Å²) < 4.78 is 15.8. The number of carbonyl (C=O) groups excluding carboxylic acids is 2. The first kappa shape index (κ1) is 21.4. The molecule has 0 bridgehead atoms. The van der Waals surface area contributed by atoms with Crippen molar-refractivity contribution < 1.29 is 23.8 Å². The lowest BCUT2D eigenvalue weighted by Gasteiger charge is -2.27. The fourth-order valence-electron chi connectivity index (χ4n) is 1.69. The number of anilines is 1. The Kier molecular flexibility index (Phi) is 6.72. The number of aromatic nitrogens is 2. The Labute approximate surface area is 154 Å². The van der Waals surface area contributed by atoms with Crippen LogP contribution in [0.4, 0.5) is 15.5 Å². The topological polar surface area (TPSA) is 90.8 Å². The number of rotatable bonds is 4. The third-order valence-electron chi connectivity index (χ3n) is 2.63. The van der Waals surface area contributed by atoms with Crippen LogP contribution in [0.15, 0.2) is 19.0 Å². The second kappa shape index (κ2) is 8.16. The molecule has 1 rings (SSSR count). The normalized spacial score (nSPS) is 11.5. The lowest BCUT2D eigenvalue weighted by atomic mass is 10.2. The molecule has 2 amide bonds.